The molecule has 4 saturated carbocycles. The molecule has 0 radical (unpaired) electrons. The predicted molar refractivity (Wildman–Crippen MR) is 211 cm³/mol. The van der Waals surface area contributed by atoms with Crippen LogP contribution < -0.4 is 5.32 Å². The second-order valence-electron chi connectivity index (χ2n) is 17.3. The Labute approximate surface area is 320 Å². The summed E-state index contributed by atoms with van der Waals surface area (Å²) in [6, 6.07) is 2.77. The number of nitrogens with zero attached hydrogens (tertiary/aromatic N) is 2. The lowest BCUT2D eigenvalue weighted by Gasteiger charge is -2.63. The molecule has 0 aliphatic heterocycles. The molecule has 3 N–H and O–H groups in total. The average Bonchev–Trinajstić information content (AvgIpc) is 3.46. The van der Waals surface area contributed by atoms with Crippen LogP contribution in [0.3, 0.4) is 0 Å². The van der Waals surface area contributed by atoms with Crippen LogP contribution in [0.15, 0.2) is 12.2 Å². The normalized spacial score (nSPS) is 34.5. The van der Waals surface area contributed by atoms with E-state index in [0.717, 1.165) is 88.4 Å². The van der Waals surface area contributed by atoms with Crippen LogP contribution in [0.1, 0.15) is 125 Å². The van der Waals surface area contributed by atoms with Gasteiger partial charge in [0, 0.05) is 18.6 Å². The topological polar surface area (TPSA) is 120 Å². The molecule has 294 valence electrons. The SMILES string of the molecule is C=C(C)C(=O)NCC[N+](C)(C)CCCCCCOC1CCC2(C)C(C1)CC(O)C1C2CC(C#N)C2(C)C(C(C)CCC(=O)O)CCC12.CBr.CC. The van der Waals surface area contributed by atoms with Crippen molar-refractivity contribution in [1.82, 2.24) is 5.32 Å². The second kappa shape index (κ2) is 20.8. The van der Waals surface area contributed by atoms with Gasteiger partial charge in [-0.15, -0.1) is 0 Å². The number of aliphatic hydroxyl groups excluding tert-OH is 1. The number of fused-ring (bicyclic) bond motifs is 5. The summed E-state index contributed by atoms with van der Waals surface area (Å²) >= 11 is 2.94. The Morgan fingerprint density at radius 2 is 1.71 bits per heavy atom. The average molecular weight is 782 g/mol. The number of ether oxygens (including phenoxy) is 1. The van der Waals surface area contributed by atoms with Gasteiger partial charge >= 0.3 is 5.97 Å². The molecule has 0 bridgehead atoms. The smallest absolute Gasteiger partial charge is 0.303 e. The van der Waals surface area contributed by atoms with Gasteiger partial charge < -0.3 is 24.7 Å². The minimum absolute atomic E-state index is 0.0444. The highest BCUT2D eigenvalue weighted by atomic mass is 79.9. The zero-order chi connectivity index (χ0) is 38.6. The molecular weight excluding hydrogens is 706 g/mol. The fourth-order valence-electron chi connectivity index (χ4n) is 11.0. The van der Waals surface area contributed by atoms with E-state index in [1.807, 2.05) is 19.7 Å². The van der Waals surface area contributed by atoms with E-state index in [1.54, 1.807) is 6.92 Å². The first-order valence-corrected chi connectivity index (χ1v) is 21.8. The number of hydrogen-bond donors (Lipinski definition) is 3. The Morgan fingerprint density at radius 3 is 2.33 bits per heavy atom. The largest absolute Gasteiger partial charge is 0.481 e. The maximum atomic E-state index is 11.8. The lowest BCUT2D eigenvalue weighted by atomic mass is 9.41. The first-order chi connectivity index (χ1) is 24.1. The number of aliphatic hydroxyl groups is 1. The van der Waals surface area contributed by atoms with Crippen molar-refractivity contribution in [2.24, 2.45) is 52.3 Å². The molecule has 9 heteroatoms. The number of amides is 1. The predicted octanol–water partition coefficient (Wildman–Crippen LogP) is 8.62. The summed E-state index contributed by atoms with van der Waals surface area (Å²) in [6.45, 7) is 19.9. The van der Waals surface area contributed by atoms with E-state index < -0.39 is 5.97 Å². The first kappa shape index (κ1) is 45.7. The van der Waals surface area contributed by atoms with Gasteiger partial charge in [-0.05, 0) is 130 Å². The third-order valence-corrected chi connectivity index (χ3v) is 13.9. The third-order valence-electron chi connectivity index (χ3n) is 13.9. The van der Waals surface area contributed by atoms with Crippen molar-refractivity contribution in [1.29, 1.82) is 5.26 Å². The molecule has 0 saturated heterocycles. The minimum Gasteiger partial charge on any atom is -0.481 e. The number of unbranched alkanes of at least 4 members (excludes halogenated alkanes) is 3. The van der Waals surface area contributed by atoms with Crippen LogP contribution in [-0.4, -0.2) is 85.0 Å². The summed E-state index contributed by atoms with van der Waals surface area (Å²) in [5, 5.41) is 34.6. The molecule has 0 aromatic rings. The monoisotopic (exact) mass is 780 g/mol. The number of halogens is 1. The molecule has 8 nitrogen and oxygen atoms in total. The van der Waals surface area contributed by atoms with Crippen molar-refractivity contribution in [3.05, 3.63) is 12.2 Å². The number of alkyl halides is 1. The van der Waals surface area contributed by atoms with E-state index >= 15 is 0 Å². The molecular formula is C42H75BrN3O5+. The number of carbonyl (C=O) groups is 2. The van der Waals surface area contributed by atoms with E-state index in [4.69, 9.17) is 4.74 Å². The van der Waals surface area contributed by atoms with Crippen LogP contribution in [-0.2, 0) is 14.3 Å². The fourth-order valence-corrected chi connectivity index (χ4v) is 11.0. The number of aliphatic carboxylic acids is 1. The molecule has 0 heterocycles. The maximum Gasteiger partial charge on any atom is 0.303 e. The van der Waals surface area contributed by atoms with Crippen LogP contribution in [0, 0.1) is 63.6 Å². The number of carboxylic acids is 1. The van der Waals surface area contributed by atoms with Gasteiger partial charge in [0.1, 0.15) is 0 Å². The summed E-state index contributed by atoms with van der Waals surface area (Å²) in [7, 11) is 4.44. The van der Waals surface area contributed by atoms with Crippen LogP contribution in [0.2, 0.25) is 0 Å². The van der Waals surface area contributed by atoms with Crippen molar-refractivity contribution in [3.63, 3.8) is 0 Å². The van der Waals surface area contributed by atoms with Crippen LogP contribution >= 0.6 is 15.9 Å². The Morgan fingerprint density at radius 1 is 1.04 bits per heavy atom. The lowest BCUT2D eigenvalue weighted by Crippen LogP contribution is -2.61. The fraction of sp³-hybridized carbons (Fsp3) is 0.881. The molecule has 1 amide bonds. The highest BCUT2D eigenvalue weighted by Crippen LogP contribution is 2.70. The van der Waals surface area contributed by atoms with E-state index in [-0.39, 0.29) is 53.1 Å². The molecule has 0 spiro atoms. The van der Waals surface area contributed by atoms with Crippen molar-refractivity contribution >= 4 is 27.8 Å². The standard InChI is InChI=1S/C39H65N3O5.C2H6.CH3Br/c1-26(2)37(46)41-18-20-42(6,7)19-10-8-9-11-21-47-30-16-17-38(4)28(22-30)24-34(43)36-32-14-13-31(27(3)12-15-35(44)45)39(32,5)29(25-40)23-33(36)38;2*1-2/h27-34,36,43H,1,8-24H2,2-7H3,(H-,41,44,45,46);1-2H3;1H3/p+1. The van der Waals surface area contributed by atoms with E-state index in [2.05, 4.69) is 68.8 Å². The summed E-state index contributed by atoms with van der Waals surface area (Å²) in [5.41, 5.74) is 0.525. The summed E-state index contributed by atoms with van der Waals surface area (Å²) in [6.07, 6.45) is 12.3. The molecule has 4 aliphatic carbocycles. The number of nitrogens with one attached hydrogen (secondary N) is 1. The number of quaternary nitrogens is 1. The highest BCUT2D eigenvalue weighted by molar-refractivity contribution is 9.08. The number of carboxylic acid groups (broad SMARTS) is 1. The molecule has 0 aromatic heterocycles. The van der Waals surface area contributed by atoms with Crippen molar-refractivity contribution in [2.75, 3.05) is 46.2 Å². The first-order valence-electron chi connectivity index (χ1n) is 20.2. The number of nitriles is 1. The van der Waals surface area contributed by atoms with Crippen LogP contribution in [0.4, 0.5) is 0 Å². The van der Waals surface area contributed by atoms with Gasteiger partial charge in [0.25, 0.3) is 0 Å². The van der Waals surface area contributed by atoms with Gasteiger partial charge in [-0.2, -0.15) is 5.26 Å². The van der Waals surface area contributed by atoms with Gasteiger partial charge in [-0.3, -0.25) is 9.59 Å². The second-order valence-corrected chi connectivity index (χ2v) is 17.3. The lowest BCUT2D eigenvalue weighted by molar-refractivity contribution is -0.889. The third kappa shape index (κ3) is 11.3. The molecule has 11 unspecified atom stereocenters. The number of likely N-dealkylation sites (N-methyl/N-ethyl adjacent to an activating group) is 1. The van der Waals surface area contributed by atoms with Crippen molar-refractivity contribution < 1.29 is 29.0 Å². The van der Waals surface area contributed by atoms with E-state index in [9.17, 15) is 25.1 Å². The van der Waals surface area contributed by atoms with E-state index in [0.29, 0.717) is 42.2 Å². The quantitative estimate of drug-likeness (QED) is 0.0625. The Bertz CT molecular complexity index is 1160. The molecule has 4 fully saturated rings. The molecule has 4 aliphatic rings. The number of carbonyl (C=O) groups excluding carboxylic acids is 1. The van der Waals surface area contributed by atoms with Gasteiger partial charge in [0.2, 0.25) is 5.91 Å². The summed E-state index contributed by atoms with van der Waals surface area (Å²) in [4.78, 5) is 23.0. The van der Waals surface area contributed by atoms with Crippen LogP contribution in [0.5, 0.6) is 0 Å². The molecule has 51 heavy (non-hydrogen) atoms. The number of hydrogen-bond acceptors (Lipinski definition) is 5. The van der Waals surface area contributed by atoms with Crippen molar-refractivity contribution in [3.8, 4) is 6.07 Å². The van der Waals surface area contributed by atoms with Gasteiger partial charge in [-0.25, -0.2) is 0 Å². The Kier molecular flexibility index (Phi) is 18.7. The molecule has 4 rings (SSSR count). The van der Waals surface area contributed by atoms with E-state index in [1.165, 1.54) is 6.42 Å². The van der Waals surface area contributed by atoms with Gasteiger partial charge in [-0.1, -0.05) is 63.5 Å². The zero-order valence-corrected chi connectivity index (χ0v) is 35.4. The Hall–Kier alpha value is -1.47. The van der Waals surface area contributed by atoms with Gasteiger partial charge in [0.15, 0.2) is 0 Å². The highest BCUT2D eigenvalue weighted by Gasteiger charge is 2.66. The van der Waals surface area contributed by atoms with Crippen LogP contribution in [0.25, 0.3) is 0 Å². The summed E-state index contributed by atoms with van der Waals surface area (Å²) < 4.78 is 7.36. The zero-order valence-electron chi connectivity index (χ0n) is 33.8. The minimum atomic E-state index is -0.743. The summed E-state index contributed by atoms with van der Waals surface area (Å²) in [5.74, 6) is 2.92. The number of rotatable bonds is 16. The van der Waals surface area contributed by atoms with Gasteiger partial charge in [0.05, 0.1) is 57.9 Å². The maximum absolute atomic E-state index is 11.8. The molecule has 11 atom stereocenters. The molecule has 0 aromatic carbocycles. The van der Waals surface area contributed by atoms with Crippen molar-refractivity contribution in [2.45, 2.75) is 137 Å². The Balaban J connectivity index is 0.00000217.